The van der Waals surface area contributed by atoms with Crippen LogP contribution in [-0.2, 0) is 0 Å². The Morgan fingerprint density at radius 3 is 2.86 bits per heavy atom. The Hall–Kier alpha value is -1.24. The molecule has 0 aliphatic carbocycles. The minimum atomic E-state index is -4.53. The fourth-order valence-corrected chi connectivity index (χ4v) is 1.25. The average molecular weight is 225 g/mol. The highest BCUT2D eigenvalue weighted by atomic mass is 35.5. The largest absolute Gasteiger partial charge is 0.453 e. The SMILES string of the molecule is FC(F)(F)C1=NNC2C=CC(Cl)=NN12. The molecule has 0 amide bonds. The van der Waals surface area contributed by atoms with E-state index in [1.54, 1.807) is 0 Å². The van der Waals surface area contributed by atoms with Crippen molar-refractivity contribution in [2.75, 3.05) is 0 Å². The van der Waals surface area contributed by atoms with Crippen LogP contribution in [0.2, 0.25) is 0 Å². The zero-order chi connectivity index (χ0) is 10.3. The number of rotatable bonds is 0. The Morgan fingerprint density at radius 1 is 1.50 bits per heavy atom. The molecule has 2 heterocycles. The van der Waals surface area contributed by atoms with Gasteiger partial charge >= 0.3 is 6.18 Å². The normalized spacial score (nSPS) is 25.4. The summed E-state index contributed by atoms with van der Waals surface area (Å²) in [6, 6.07) is 0. The molecule has 0 bridgehead atoms. The third-order valence-electron chi connectivity index (χ3n) is 1.66. The highest BCUT2D eigenvalue weighted by molar-refractivity contribution is 6.68. The number of hydrogen-bond acceptors (Lipinski definition) is 4. The molecule has 1 atom stereocenters. The van der Waals surface area contributed by atoms with Crippen molar-refractivity contribution in [2.24, 2.45) is 10.2 Å². The van der Waals surface area contributed by atoms with Crippen LogP contribution in [0.1, 0.15) is 0 Å². The number of fused-ring (bicyclic) bond motifs is 1. The lowest BCUT2D eigenvalue weighted by molar-refractivity contribution is -0.0680. The van der Waals surface area contributed by atoms with E-state index in [1.807, 2.05) is 0 Å². The van der Waals surface area contributed by atoms with Gasteiger partial charge < -0.3 is 0 Å². The second-order valence-electron chi connectivity index (χ2n) is 2.63. The van der Waals surface area contributed by atoms with Crippen LogP contribution in [0.4, 0.5) is 13.2 Å². The molecule has 8 heteroatoms. The third-order valence-corrected chi connectivity index (χ3v) is 1.86. The topological polar surface area (TPSA) is 40.0 Å². The van der Waals surface area contributed by atoms with Crippen LogP contribution in [0.3, 0.4) is 0 Å². The van der Waals surface area contributed by atoms with Gasteiger partial charge in [0.15, 0.2) is 6.17 Å². The standard InChI is InChI=1S/C6H4ClF3N4/c7-3-1-2-4-11-12-5(6(8,9)10)14(4)13-3/h1-2,4,11H. The molecule has 76 valence electrons. The molecule has 1 N–H and O–H groups in total. The van der Waals surface area contributed by atoms with Gasteiger partial charge in [0.25, 0.3) is 5.84 Å². The number of nitrogens with one attached hydrogen (secondary N) is 1. The van der Waals surface area contributed by atoms with Gasteiger partial charge in [0.2, 0.25) is 0 Å². The van der Waals surface area contributed by atoms with Gasteiger partial charge in [-0.1, -0.05) is 11.6 Å². The number of hydrazone groups is 2. The van der Waals surface area contributed by atoms with Crippen molar-refractivity contribution < 1.29 is 13.2 Å². The van der Waals surface area contributed by atoms with E-state index in [1.165, 1.54) is 12.2 Å². The van der Waals surface area contributed by atoms with E-state index in [0.29, 0.717) is 5.01 Å². The summed E-state index contributed by atoms with van der Waals surface area (Å²) >= 11 is 5.47. The van der Waals surface area contributed by atoms with Crippen molar-refractivity contribution in [3.63, 3.8) is 0 Å². The first-order chi connectivity index (χ1) is 6.48. The van der Waals surface area contributed by atoms with E-state index in [9.17, 15) is 13.2 Å². The van der Waals surface area contributed by atoms with Crippen LogP contribution in [0.25, 0.3) is 0 Å². The number of alkyl halides is 3. The summed E-state index contributed by atoms with van der Waals surface area (Å²) in [5.41, 5.74) is 2.28. The zero-order valence-corrected chi connectivity index (χ0v) is 7.34. The maximum Gasteiger partial charge on any atom is 0.453 e. The van der Waals surface area contributed by atoms with Gasteiger partial charge in [0, 0.05) is 0 Å². The van der Waals surface area contributed by atoms with Crippen LogP contribution in [0.5, 0.6) is 0 Å². The average Bonchev–Trinajstić information content (AvgIpc) is 2.45. The first-order valence-electron chi connectivity index (χ1n) is 3.60. The molecule has 0 aromatic rings. The molecule has 0 aromatic carbocycles. The Balaban J connectivity index is 2.29. The van der Waals surface area contributed by atoms with Crippen molar-refractivity contribution in [1.82, 2.24) is 10.4 Å². The number of amidine groups is 1. The lowest BCUT2D eigenvalue weighted by atomic mass is 10.3. The van der Waals surface area contributed by atoms with E-state index in [2.05, 4.69) is 15.6 Å². The van der Waals surface area contributed by atoms with Crippen LogP contribution < -0.4 is 5.43 Å². The highest BCUT2D eigenvalue weighted by Crippen LogP contribution is 2.26. The van der Waals surface area contributed by atoms with Gasteiger partial charge in [-0.3, -0.25) is 5.43 Å². The molecule has 0 saturated carbocycles. The smallest absolute Gasteiger partial charge is 0.280 e. The van der Waals surface area contributed by atoms with Crippen molar-refractivity contribution in [1.29, 1.82) is 0 Å². The summed E-state index contributed by atoms with van der Waals surface area (Å²) in [5, 5.41) is 7.33. The van der Waals surface area contributed by atoms with E-state index in [0.717, 1.165) is 0 Å². The molecule has 0 aromatic heterocycles. The molecule has 2 aliphatic heterocycles. The van der Waals surface area contributed by atoms with Crippen molar-refractivity contribution >= 4 is 22.6 Å². The molecule has 0 spiro atoms. The zero-order valence-electron chi connectivity index (χ0n) is 6.59. The van der Waals surface area contributed by atoms with Gasteiger partial charge in [0.1, 0.15) is 5.17 Å². The molecule has 2 rings (SSSR count). The number of halogens is 4. The predicted molar refractivity (Wildman–Crippen MR) is 44.7 cm³/mol. The van der Waals surface area contributed by atoms with Gasteiger partial charge in [-0.15, -0.1) is 0 Å². The molecular weight excluding hydrogens is 221 g/mol. The van der Waals surface area contributed by atoms with Crippen LogP contribution in [0.15, 0.2) is 22.4 Å². The summed E-state index contributed by atoms with van der Waals surface area (Å²) in [5.74, 6) is -1.09. The molecule has 0 radical (unpaired) electrons. The Bertz CT molecular complexity index is 345. The number of nitrogens with zero attached hydrogens (tertiary/aromatic N) is 3. The van der Waals surface area contributed by atoms with E-state index >= 15 is 0 Å². The molecule has 0 saturated heterocycles. The van der Waals surface area contributed by atoms with Gasteiger partial charge in [-0.25, -0.2) is 5.01 Å². The molecule has 14 heavy (non-hydrogen) atoms. The Kier molecular flexibility index (Phi) is 1.91. The molecule has 2 aliphatic rings. The lowest BCUT2D eigenvalue weighted by Gasteiger charge is -2.22. The second-order valence-corrected chi connectivity index (χ2v) is 3.02. The number of hydrogen-bond donors (Lipinski definition) is 1. The second kappa shape index (κ2) is 2.88. The van der Waals surface area contributed by atoms with Crippen molar-refractivity contribution in [3.05, 3.63) is 12.2 Å². The van der Waals surface area contributed by atoms with Gasteiger partial charge in [0.05, 0.1) is 0 Å². The minimum absolute atomic E-state index is 0.0121. The quantitative estimate of drug-likeness (QED) is 0.672. The summed E-state index contributed by atoms with van der Waals surface area (Å²) in [7, 11) is 0. The van der Waals surface area contributed by atoms with Crippen LogP contribution in [-0.4, -0.2) is 28.4 Å². The van der Waals surface area contributed by atoms with E-state index in [-0.39, 0.29) is 5.17 Å². The maximum atomic E-state index is 12.3. The van der Waals surface area contributed by atoms with Gasteiger partial charge in [-0.05, 0) is 12.2 Å². The summed E-state index contributed by atoms with van der Waals surface area (Å²) in [6.07, 6.45) is -2.38. The predicted octanol–water partition coefficient (Wildman–Crippen LogP) is 1.22. The highest BCUT2D eigenvalue weighted by Gasteiger charge is 2.46. The first kappa shape index (κ1) is 9.32. The van der Waals surface area contributed by atoms with Crippen molar-refractivity contribution in [3.8, 4) is 0 Å². The fraction of sp³-hybridized carbons (Fsp3) is 0.333. The van der Waals surface area contributed by atoms with Crippen molar-refractivity contribution in [2.45, 2.75) is 12.3 Å². The molecule has 0 fully saturated rings. The Morgan fingerprint density at radius 2 is 2.21 bits per heavy atom. The van der Waals surface area contributed by atoms with Crippen LogP contribution in [0, 0.1) is 0 Å². The maximum absolute atomic E-state index is 12.3. The van der Waals surface area contributed by atoms with E-state index < -0.39 is 18.2 Å². The summed E-state index contributed by atoms with van der Waals surface area (Å²) < 4.78 is 36.9. The Labute approximate surface area is 81.7 Å². The lowest BCUT2D eigenvalue weighted by Crippen LogP contribution is -2.42. The third kappa shape index (κ3) is 1.43. The molecular formula is C6H4ClF3N4. The molecule has 1 unspecified atom stereocenters. The first-order valence-corrected chi connectivity index (χ1v) is 3.98. The number of allylic oxidation sites excluding steroid dienone is 1. The van der Waals surface area contributed by atoms with E-state index in [4.69, 9.17) is 11.6 Å². The monoisotopic (exact) mass is 224 g/mol. The van der Waals surface area contributed by atoms with Crippen LogP contribution >= 0.6 is 11.6 Å². The fourth-order valence-electron chi connectivity index (χ4n) is 1.10. The summed E-state index contributed by atoms with van der Waals surface area (Å²) in [4.78, 5) is 0. The van der Waals surface area contributed by atoms with Gasteiger partial charge in [-0.2, -0.15) is 23.4 Å². The summed E-state index contributed by atoms with van der Waals surface area (Å²) in [6.45, 7) is 0. The minimum Gasteiger partial charge on any atom is -0.280 e. The molecule has 4 nitrogen and oxygen atoms in total.